The fraction of sp³-hybridized carbons (Fsp3) is 0.217. The molecule has 0 bridgehead atoms. The molecule has 0 aliphatic rings. The van der Waals surface area contributed by atoms with Crippen molar-refractivity contribution in [3.63, 3.8) is 0 Å². The molecule has 0 unspecified atom stereocenters. The van der Waals surface area contributed by atoms with Crippen LogP contribution in [0.25, 0.3) is 22.0 Å². The highest BCUT2D eigenvalue weighted by Gasteiger charge is 2.19. The van der Waals surface area contributed by atoms with E-state index < -0.39 is 5.97 Å². The van der Waals surface area contributed by atoms with Crippen LogP contribution < -0.4 is 5.73 Å². The lowest BCUT2D eigenvalue weighted by Crippen LogP contribution is -2.49. The summed E-state index contributed by atoms with van der Waals surface area (Å²) in [6.45, 7) is 2.24. The van der Waals surface area contributed by atoms with Gasteiger partial charge < -0.3 is 20.3 Å². The summed E-state index contributed by atoms with van der Waals surface area (Å²) in [5.74, 6) is -1.47. The van der Waals surface area contributed by atoms with Gasteiger partial charge in [0.05, 0.1) is 18.7 Å². The number of fused-ring (bicyclic) bond motifs is 1. The van der Waals surface area contributed by atoms with Crippen LogP contribution in [-0.2, 0) is 6.54 Å². The van der Waals surface area contributed by atoms with Crippen molar-refractivity contribution < 1.29 is 24.8 Å². The normalized spacial score (nSPS) is 11.7. The molecule has 6 nitrogen and oxygen atoms in total. The van der Waals surface area contributed by atoms with E-state index in [9.17, 15) is 19.1 Å². The molecule has 30 heavy (non-hydrogen) atoms. The molecule has 7 heteroatoms. The van der Waals surface area contributed by atoms with Gasteiger partial charge in [-0.25, -0.2) is 9.18 Å². The van der Waals surface area contributed by atoms with Gasteiger partial charge in [0.15, 0.2) is 0 Å². The first-order valence-corrected chi connectivity index (χ1v) is 9.56. The van der Waals surface area contributed by atoms with Gasteiger partial charge in [0.25, 0.3) is 5.91 Å². The number of rotatable bonds is 6. The topological polar surface area (TPSA) is 90.2 Å². The van der Waals surface area contributed by atoms with Crippen LogP contribution in [0.5, 0.6) is 0 Å². The SMILES string of the molecule is Cc1c(-c2cccc(C(=O)N(C)C)c2)c2cc(C(=O)O)ccc2n1C/C(F)=C/C[NH3+]. The van der Waals surface area contributed by atoms with Gasteiger partial charge in [-0.05, 0) is 42.8 Å². The zero-order valence-corrected chi connectivity index (χ0v) is 17.3. The van der Waals surface area contributed by atoms with E-state index >= 15 is 0 Å². The van der Waals surface area contributed by atoms with Crippen LogP contribution >= 0.6 is 0 Å². The van der Waals surface area contributed by atoms with Crippen molar-refractivity contribution in [2.75, 3.05) is 20.6 Å². The Morgan fingerprint density at radius 2 is 1.90 bits per heavy atom. The van der Waals surface area contributed by atoms with Crippen molar-refractivity contribution in [2.24, 2.45) is 0 Å². The Balaban J connectivity index is 2.28. The number of hydrogen-bond acceptors (Lipinski definition) is 2. The fourth-order valence-corrected chi connectivity index (χ4v) is 3.62. The molecule has 0 aliphatic carbocycles. The Morgan fingerprint density at radius 3 is 2.53 bits per heavy atom. The first-order chi connectivity index (χ1) is 14.2. The highest BCUT2D eigenvalue weighted by molar-refractivity contribution is 6.03. The first-order valence-electron chi connectivity index (χ1n) is 9.56. The van der Waals surface area contributed by atoms with Gasteiger partial charge in [-0.3, -0.25) is 4.79 Å². The number of benzene rings is 2. The summed E-state index contributed by atoms with van der Waals surface area (Å²) < 4.78 is 16.1. The Labute approximate surface area is 174 Å². The van der Waals surface area contributed by atoms with E-state index in [1.807, 2.05) is 17.6 Å². The maximum atomic E-state index is 14.3. The van der Waals surface area contributed by atoms with Crippen LogP contribution in [0.3, 0.4) is 0 Å². The van der Waals surface area contributed by atoms with Crippen LogP contribution in [0, 0.1) is 6.92 Å². The van der Waals surface area contributed by atoms with Crippen LogP contribution in [-0.4, -0.2) is 47.1 Å². The second kappa shape index (κ2) is 8.51. The molecular formula is C23H25FN3O3+. The third-order valence-corrected chi connectivity index (χ3v) is 5.05. The van der Waals surface area contributed by atoms with E-state index in [0.29, 0.717) is 17.5 Å². The standard InChI is InChI=1S/C23H24FN3O3/c1-14-21(15-5-4-6-16(11-15)22(28)26(2)3)19-12-17(23(29)30)7-8-20(19)27(14)13-18(24)9-10-25/h4-9,11-12H,10,13,25H2,1-3H3,(H,29,30)/p+1/b18-9-. The molecule has 0 saturated heterocycles. The Kier molecular flexibility index (Phi) is 6.03. The van der Waals surface area contributed by atoms with E-state index in [4.69, 9.17) is 0 Å². The molecule has 0 radical (unpaired) electrons. The molecule has 0 spiro atoms. The molecule has 2 aromatic carbocycles. The number of hydrogen-bond donors (Lipinski definition) is 2. The number of aromatic nitrogens is 1. The van der Waals surface area contributed by atoms with E-state index in [0.717, 1.165) is 22.3 Å². The highest BCUT2D eigenvalue weighted by Crippen LogP contribution is 2.36. The van der Waals surface area contributed by atoms with Gasteiger partial charge in [-0.1, -0.05) is 12.1 Å². The number of allylic oxidation sites excluding steroid dienone is 1. The molecule has 3 aromatic rings. The molecule has 1 heterocycles. The Hall–Kier alpha value is -3.45. The quantitative estimate of drug-likeness (QED) is 0.654. The lowest BCUT2D eigenvalue weighted by atomic mass is 9.99. The number of carboxylic acids is 1. The number of halogens is 1. The minimum atomic E-state index is -1.03. The number of carbonyl (C=O) groups excluding carboxylic acids is 1. The molecule has 156 valence electrons. The van der Waals surface area contributed by atoms with Crippen molar-refractivity contribution >= 4 is 22.8 Å². The number of amides is 1. The molecule has 4 N–H and O–H groups in total. The maximum absolute atomic E-state index is 14.3. The molecular weight excluding hydrogens is 385 g/mol. The predicted molar refractivity (Wildman–Crippen MR) is 114 cm³/mol. The van der Waals surface area contributed by atoms with Gasteiger partial charge in [-0.15, -0.1) is 0 Å². The zero-order valence-electron chi connectivity index (χ0n) is 17.3. The first kappa shape index (κ1) is 21.3. The predicted octanol–water partition coefficient (Wildman–Crippen LogP) is 3.11. The van der Waals surface area contributed by atoms with Crippen molar-refractivity contribution in [3.05, 3.63) is 71.2 Å². The van der Waals surface area contributed by atoms with Crippen molar-refractivity contribution in [2.45, 2.75) is 13.5 Å². The number of aromatic carboxylic acids is 1. The molecule has 3 rings (SSSR count). The summed E-state index contributed by atoms with van der Waals surface area (Å²) >= 11 is 0. The van der Waals surface area contributed by atoms with Crippen molar-refractivity contribution in [1.29, 1.82) is 0 Å². The second-order valence-corrected chi connectivity index (χ2v) is 7.30. The largest absolute Gasteiger partial charge is 0.478 e. The van der Waals surface area contributed by atoms with Gasteiger partial charge in [0, 0.05) is 47.9 Å². The zero-order chi connectivity index (χ0) is 22.0. The summed E-state index contributed by atoms with van der Waals surface area (Å²) in [5, 5.41) is 10.1. The third-order valence-electron chi connectivity index (χ3n) is 5.05. The third kappa shape index (κ3) is 3.97. The van der Waals surface area contributed by atoms with Gasteiger partial charge in [0.2, 0.25) is 0 Å². The van der Waals surface area contributed by atoms with Crippen LogP contribution in [0.4, 0.5) is 4.39 Å². The van der Waals surface area contributed by atoms with Crippen molar-refractivity contribution in [1.82, 2.24) is 9.47 Å². The van der Waals surface area contributed by atoms with E-state index in [1.54, 1.807) is 44.4 Å². The van der Waals surface area contributed by atoms with E-state index in [2.05, 4.69) is 5.73 Å². The highest BCUT2D eigenvalue weighted by atomic mass is 19.1. The van der Waals surface area contributed by atoms with Gasteiger partial charge >= 0.3 is 5.97 Å². The fourth-order valence-electron chi connectivity index (χ4n) is 3.62. The average molecular weight is 410 g/mol. The molecule has 0 aliphatic heterocycles. The number of carboxylic acid groups (broad SMARTS) is 1. The van der Waals surface area contributed by atoms with Crippen LogP contribution in [0.15, 0.2) is 54.4 Å². The Morgan fingerprint density at radius 1 is 1.17 bits per heavy atom. The molecule has 0 saturated carbocycles. The lowest BCUT2D eigenvalue weighted by Gasteiger charge is -2.12. The van der Waals surface area contributed by atoms with E-state index in [-0.39, 0.29) is 23.8 Å². The van der Waals surface area contributed by atoms with Crippen LogP contribution in [0.2, 0.25) is 0 Å². The molecule has 0 atom stereocenters. The number of quaternary nitrogens is 1. The molecule has 0 fully saturated rings. The van der Waals surface area contributed by atoms with Gasteiger partial charge in [-0.2, -0.15) is 0 Å². The van der Waals surface area contributed by atoms with Crippen molar-refractivity contribution in [3.8, 4) is 11.1 Å². The monoisotopic (exact) mass is 410 g/mol. The summed E-state index contributed by atoms with van der Waals surface area (Å²) in [5.41, 5.74) is 7.39. The second-order valence-electron chi connectivity index (χ2n) is 7.30. The minimum Gasteiger partial charge on any atom is -0.478 e. The van der Waals surface area contributed by atoms with E-state index in [1.165, 1.54) is 17.0 Å². The number of carbonyl (C=O) groups is 2. The van der Waals surface area contributed by atoms with Crippen LogP contribution in [0.1, 0.15) is 26.4 Å². The molecule has 1 amide bonds. The summed E-state index contributed by atoms with van der Waals surface area (Å²) in [6, 6.07) is 12.0. The smallest absolute Gasteiger partial charge is 0.335 e. The lowest BCUT2D eigenvalue weighted by molar-refractivity contribution is -0.353. The average Bonchev–Trinajstić information content (AvgIpc) is 2.98. The summed E-state index contributed by atoms with van der Waals surface area (Å²) in [4.78, 5) is 25.5. The summed E-state index contributed by atoms with van der Waals surface area (Å²) in [7, 11) is 3.37. The minimum absolute atomic E-state index is 0.0284. The van der Waals surface area contributed by atoms with Gasteiger partial charge in [0.1, 0.15) is 5.83 Å². The molecule has 1 aromatic heterocycles. The Bertz CT molecular complexity index is 1160. The summed E-state index contributed by atoms with van der Waals surface area (Å²) in [6.07, 6.45) is 1.42. The number of nitrogens with zero attached hydrogens (tertiary/aromatic N) is 2. The maximum Gasteiger partial charge on any atom is 0.335 e.